The van der Waals surface area contributed by atoms with E-state index >= 15 is 0 Å². The molecule has 0 atom stereocenters. The molecule has 0 aliphatic heterocycles. The van der Waals surface area contributed by atoms with Gasteiger partial charge >= 0.3 is 5.97 Å². The predicted octanol–water partition coefficient (Wildman–Crippen LogP) is 0.856. The fourth-order valence-electron chi connectivity index (χ4n) is 2.37. The van der Waals surface area contributed by atoms with E-state index in [0.29, 0.717) is 11.3 Å². The number of aliphatic carboxylic acids is 1. The number of aromatic nitrogens is 2. The van der Waals surface area contributed by atoms with Crippen LogP contribution in [0, 0.1) is 6.92 Å². The van der Waals surface area contributed by atoms with Crippen molar-refractivity contribution in [1.29, 1.82) is 0 Å². The molecule has 0 radical (unpaired) electrons. The minimum Gasteiger partial charge on any atom is -0.481 e. The van der Waals surface area contributed by atoms with Crippen molar-refractivity contribution < 1.29 is 14.7 Å². The van der Waals surface area contributed by atoms with Crippen LogP contribution in [0.4, 0.5) is 0 Å². The Morgan fingerprint density at radius 3 is 2.61 bits per heavy atom. The topological polar surface area (TPSA) is 84.2 Å². The molecule has 2 N–H and O–H groups in total. The first-order valence-corrected chi connectivity index (χ1v) is 5.96. The fourth-order valence-corrected chi connectivity index (χ4v) is 2.37. The molecule has 18 heavy (non-hydrogen) atoms. The van der Waals surface area contributed by atoms with Crippen LogP contribution in [0.25, 0.3) is 0 Å². The third-order valence-electron chi connectivity index (χ3n) is 3.44. The first-order chi connectivity index (χ1) is 8.42. The molecule has 1 aliphatic rings. The molecule has 1 aromatic rings. The van der Waals surface area contributed by atoms with Crippen molar-refractivity contribution in [3.63, 3.8) is 0 Å². The van der Waals surface area contributed by atoms with Crippen LogP contribution < -0.4 is 5.32 Å². The Bertz CT molecular complexity index is 489. The minimum absolute atomic E-state index is 0.0158. The third kappa shape index (κ3) is 2.37. The number of aryl methyl sites for hydroxylation is 2. The molecule has 2 rings (SSSR count). The van der Waals surface area contributed by atoms with Crippen LogP contribution in [0.1, 0.15) is 41.7 Å². The van der Waals surface area contributed by atoms with Crippen LogP contribution in [-0.4, -0.2) is 32.3 Å². The largest absolute Gasteiger partial charge is 0.481 e. The lowest BCUT2D eigenvalue weighted by Crippen LogP contribution is -2.54. The molecule has 0 unspecified atom stereocenters. The Kier molecular flexibility index (Phi) is 3.11. The Labute approximate surface area is 105 Å². The monoisotopic (exact) mass is 251 g/mol. The summed E-state index contributed by atoms with van der Waals surface area (Å²) in [7, 11) is 1.75. The van der Waals surface area contributed by atoms with E-state index in [-0.39, 0.29) is 12.3 Å². The number of nitrogens with zero attached hydrogens (tertiary/aromatic N) is 2. The molecular formula is C12H17N3O3. The maximum absolute atomic E-state index is 12.1. The molecular weight excluding hydrogens is 234 g/mol. The summed E-state index contributed by atoms with van der Waals surface area (Å²) < 4.78 is 1.58. The first-order valence-electron chi connectivity index (χ1n) is 5.96. The number of carbonyl (C=O) groups is 2. The van der Waals surface area contributed by atoms with E-state index in [9.17, 15) is 9.59 Å². The second-order valence-corrected chi connectivity index (χ2v) is 4.96. The lowest BCUT2D eigenvalue weighted by atomic mass is 9.74. The number of nitrogens with one attached hydrogen (secondary N) is 1. The zero-order chi connectivity index (χ0) is 13.3. The van der Waals surface area contributed by atoms with E-state index in [2.05, 4.69) is 10.4 Å². The zero-order valence-electron chi connectivity index (χ0n) is 10.6. The molecule has 6 heteroatoms. The van der Waals surface area contributed by atoms with E-state index in [1.54, 1.807) is 24.9 Å². The van der Waals surface area contributed by atoms with E-state index in [1.165, 1.54) is 0 Å². The van der Waals surface area contributed by atoms with Gasteiger partial charge in [-0.3, -0.25) is 14.3 Å². The van der Waals surface area contributed by atoms with Gasteiger partial charge in [0.1, 0.15) is 0 Å². The van der Waals surface area contributed by atoms with Gasteiger partial charge in [-0.1, -0.05) is 0 Å². The highest BCUT2D eigenvalue weighted by Gasteiger charge is 2.40. The zero-order valence-corrected chi connectivity index (χ0v) is 10.6. The van der Waals surface area contributed by atoms with Crippen LogP contribution in [-0.2, 0) is 11.8 Å². The lowest BCUT2D eigenvalue weighted by Gasteiger charge is -2.41. The van der Waals surface area contributed by atoms with Gasteiger partial charge in [-0.15, -0.1) is 0 Å². The molecule has 1 aliphatic carbocycles. The highest BCUT2D eigenvalue weighted by atomic mass is 16.4. The van der Waals surface area contributed by atoms with Crippen LogP contribution >= 0.6 is 0 Å². The second-order valence-electron chi connectivity index (χ2n) is 4.96. The Morgan fingerprint density at radius 2 is 2.22 bits per heavy atom. The van der Waals surface area contributed by atoms with E-state index in [1.807, 2.05) is 0 Å². The maximum atomic E-state index is 12.1. The van der Waals surface area contributed by atoms with Crippen molar-refractivity contribution in [3.05, 3.63) is 17.5 Å². The van der Waals surface area contributed by atoms with Crippen molar-refractivity contribution in [2.45, 2.75) is 38.1 Å². The molecule has 1 saturated carbocycles. The van der Waals surface area contributed by atoms with Gasteiger partial charge in [0.15, 0.2) is 0 Å². The Hall–Kier alpha value is -1.85. The summed E-state index contributed by atoms with van der Waals surface area (Å²) in [5.41, 5.74) is 0.597. The van der Waals surface area contributed by atoms with Crippen LogP contribution in [0.3, 0.4) is 0 Å². The first kappa shape index (κ1) is 12.6. The lowest BCUT2D eigenvalue weighted by molar-refractivity contribution is -0.139. The molecule has 1 fully saturated rings. The summed E-state index contributed by atoms with van der Waals surface area (Å²) in [6, 6.07) is 0. The van der Waals surface area contributed by atoms with Gasteiger partial charge in [0, 0.05) is 13.2 Å². The summed E-state index contributed by atoms with van der Waals surface area (Å²) >= 11 is 0. The molecule has 1 heterocycles. The van der Waals surface area contributed by atoms with Crippen LogP contribution in [0.5, 0.6) is 0 Å². The average Bonchev–Trinajstić information content (AvgIpc) is 2.53. The molecule has 0 saturated heterocycles. The van der Waals surface area contributed by atoms with Gasteiger partial charge in [0.05, 0.1) is 23.2 Å². The maximum Gasteiger partial charge on any atom is 0.305 e. The van der Waals surface area contributed by atoms with E-state index < -0.39 is 11.5 Å². The predicted molar refractivity (Wildman–Crippen MR) is 64.2 cm³/mol. The van der Waals surface area contributed by atoms with Crippen LogP contribution in [0.15, 0.2) is 6.20 Å². The number of hydrogen-bond acceptors (Lipinski definition) is 3. The number of carboxylic acids is 1. The highest BCUT2D eigenvalue weighted by molar-refractivity contribution is 5.95. The molecule has 0 spiro atoms. The van der Waals surface area contributed by atoms with Crippen molar-refractivity contribution in [2.75, 3.05) is 0 Å². The number of carbonyl (C=O) groups excluding carboxylic acids is 1. The fraction of sp³-hybridized carbons (Fsp3) is 0.583. The molecule has 1 amide bonds. The summed E-state index contributed by atoms with van der Waals surface area (Å²) in [5.74, 6) is -1.11. The Balaban J connectivity index is 2.11. The average molecular weight is 251 g/mol. The van der Waals surface area contributed by atoms with E-state index in [4.69, 9.17) is 5.11 Å². The SMILES string of the molecule is Cc1nn(C)cc1C(=O)NC1(CC(=O)O)CCC1. The number of rotatable bonds is 4. The standard InChI is InChI=1S/C12H17N3O3/c1-8-9(7-15(2)14-8)11(18)13-12(4-3-5-12)6-10(16)17/h7H,3-6H2,1-2H3,(H,13,18)(H,16,17). The van der Waals surface area contributed by atoms with Gasteiger partial charge in [0.25, 0.3) is 5.91 Å². The molecule has 0 aromatic carbocycles. The van der Waals surface area contributed by atoms with Crippen LogP contribution in [0.2, 0.25) is 0 Å². The van der Waals surface area contributed by atoms with Crippen molar-refractivity contribution >= 4 is 11.9 Å². The summed E-state index contributed by atoms with van der Waals surface area (Å²) in [4.78, 5) is 22.9. The van der Waals surface area contributed by atoms with Gasteiger partial charge in [-0.05, 0) is 26.2 Å². The normalized spacial score (nSPS) is 17.0. The number of hydrogen-bond donors (Lipinski definition) is 2. The molecule has 1 aromatic heterocycles. The van der Waals surface area contributed by atoms with Gasteiger partial charge in [0.2, 0.25) is 0 Å². The summed E-state index contributed by atoms with van der Waals surface area (Å²) in [6.07, 6.45) is 4.05. The van der Waals surface area contributed by atoms with Gasteiger partial charge in [-0.25, -0.2) is 0 Å². The summed E-state index contributed by atoms with van der Waals surface area (Å²) in [5, 5.41) is 15.9. The highest BCUT2D eigenvalue weighted by Crippen LogP contribution is 2.35. The van der Waals surface area contributed by atoms with E-state index in [0.717, 1.165) is 19.3 Å². The molecule has 0 bridgehead atoms. The molecule has 98 valence electrons. The number of amides is 1. The number of carboxylic acid groups (broad SMARTS) is 1. The Morgan fingerprint density at radius 1 is 1.56 bits per heavy atom. The van der Waals surface area contributed by atoms with Crippen molar-refractivity contribution in [1.82, 2.24) is 15.1 Å². The summed E-state index contributed by atoms with van der Waals surface area (Å²) in [6.45, 7) is 1.76. The van der Waals surface area contributed by atoms with Gasteiger partial charge in [-0.2, -0.15) is 5.10 Å². The third-order valence-corrected chi connectivity index (χ3v) is 3.44. The smallest absolute Gasteiger partial charge is 0.305 e. The van der Waals surface area contributed by atoms with Crippen molar-refractivity contribution in [3.8, 4) is 0 Å². The minimum atomic E-state index is -0.877. The quantitative estimate of drug-likeness (QED) is 0.831. The second kappa shape index (κ2) is 4.44. The van der Waals surface area contributed by atoms with Gasteiger partial charge < -0.3 is 10.4 Å². The van der Waals surface area contributed by atoms with Crippen molar-refractivity contribution in [2.24, 2.45) is 7.05 Å². The molecule has 6 nitrogen and oxygen atoms in total.